The van der Waals surface area contributed by atoms with Crippen LogP contribution in [0.3, 0.4) is 0 Å². The normalized spacial score (nSPS) is 16.6. The summed E-state index contributed by atoms with van der Waals surface area (Å²) in [5.74, 6) is 3.79. The smallest absolute Gasteiger partial charge is 0.254 e. The molecule has 0 aliphatic heterocycles. The lowest BCUT2D eigenvalue weighted by Gasteiger charge is -2.27. The van der Waals surface area contributed by atoms with E-state index in [4.69, 9.17) is 0 Å². The molecule has 0 spiro atoms. The Morgan fingerprint density at radius 1 is 1.27 bits per heavy atom. The number of aliphatic hydroxyl groups excluding tert-OH is 1. The number of anilines is 3. The molecule has 1 aliphatic carbocycles. The molecule has 1 aromatic carbocycles. The number of nitrogens with one attached hydrogen (secondary N) is 2. The summed E-state index contributed by atoms with van der Waals surface area (Å²) in [6, 6.07) is 6.34. The fraction of sp³-hybridized carbons (Fsp3) is 0.440. The van der Waals surface area contributed by atoms with E-state index in [0.717, 1.165) is 5.56 Å². The van der Waals surface area contributed by atoms with Gasteiger partial charge in [-0.05, 0) is 69.2 Å². The molecular weight excluding hydrogens is 441 g/mol. The van der Waals surface area contributed by atoms with Crippen molar-refractivity contribution in [2.24, 2.45) is 7.05 Å². The highest BCUT2D eigenvalue weighted by molar-refractivity contribution is 8.03. The van der Waals surface area contributed by atoms with Crippen LogP contribution in [0.2, 0.25) is 0 Å². The maximum absolute atomic E-state index is 14.5. The number of pyridine rings is 1. The Hall–Kier alpha value is -2.58. The molecule has 6 nitrogen and oxygen atoms in total. The van der Waals surface area contributed by atoms with Crippen molar-refractivity contribution in [3.8, 4) is 0 Å². The molecule has 8 heteroatoms. The van der Waals surface area contributed by atoms with Gasteiger partial charge in [-0.15, -0.1) is 6.58 Å². The second kappa shape index (κ2) is 10.6. The van der Waals surface area contributed by atoms with Gasteiger partial charge in [-0.25, -0.2) is 8.60 Å². The lowest BCUT2D eigenvalue weighted by atomic mass is 10.1. The zero-order chi connectivity index (χ0) is 25.0. The van der Waals surface area contributed by atoms with Crippen LogP contribution in [-0.4, -0.2) is 30.6 Å². The van der Waals surface area contributed by atoms with Gasteiger partial charge < -0.3 is 15.1 Å². The lowest BCUT2D eigenvalue weighted by Crippen LogP contribution is -2.34. The molecule has 1 aliphatic rings. The maximum atomic E-state index is 14.5. The van der Waals surface area contributed by atoms with Gasteiger partial charge in [0.1, 0.15) is 11.6 Å². The van der Waals surface area contributed by atoms with Gasteiger partial charge in [0, 0.05) is 12.6 Å². The molecule has 0 amide bonds. The second-order valence-electron chi connectivity index (χ2n) is 8.40. The third-order valence-electron chi connectivity index (χ3n) is 5.80. The summed E-state index contributed by atoms with van der Waals surface area (Å²) in [7, 11) is -1.32. The minimum Gasteiger partial charge on any atom is -0.393 e. The van der Waals surface area contributed by atoms with Gasteiger partial charge in [-0.3, -0.25) is 9.36 Å². The van der Waals surface area contributed by atoms with Gasteiger partial charge in [0.25, 0.3) is 5.56 Å². The van der Waals surface area contributed by atoms with Gasteiger partial charge in [-0.1, -0.05) is 26.0 Å². The van der Waals surface area contributed by atoms with Crippen molar-refractivity contribution < 1.29 is 13.7 Å². The lowest BCUT2D eigenvalue weighted by molar-refractivity contribution is 0.164. The molecule has 0 saturated heterocycles. The first-order valence-corrected chi connectivity index (χ1v) is 12.9. The molecule has 1 aromatic heterocycles. The number of rotatable bonds is 9. The van der Waals surface area contributed by atoms with Crippen molar-refractivity contribution in [1.29, 1.82) is 0 Å². The molecule has 1 heterocycles. The van der Waals surface area contributed by atoms with E-state index in [0.29, 0.717) is 36.9 Å². The molecule has 2 atom stereocenters. The third-order valence-corrected chi connectivity index (χ3v) is 8.32. The van der Waals surface area contributed by atoms with Crippen LogP contribution < -0.4 is 15.6 Å². The molecule has 0 radical (unpaired) electrons. The highest BCUT2D eigenvalue weighted by atomic mass is 32.2. The van der Waals surface area contributed by atoms with Crippen LogP contribution in [-0.2, 0) is 16.8 Å². The van der Waals surface area contributed by atoms with E-state index in [1.807, 2.05) is 13.8 Å². The number of aryl methyl sites for hydroxylation is 2. The predicted molar refractivity (Wildman–Crippen MR) is 138 cm³/mol. The number of halogens is 1. The molecule has 1 saturated carbocycles. The van der Waals surface area contributed by atoms with Gasteiger partial charge in [0.15, 0.2) is 0 Å². The summed E-state index contributed by atoms with van der Waals surface area (Å²) in [4.78, 5) is 12.5. The van der Waals surface area contributed by atoms with Crippen LogP contribution in [0.5, 0.6) is 0 Å². The Bertz CT molecular complexity index is 1170. The number of benzene rings is 1. The number of aliphatic hydroxyl groups is 1. The predicted octanol–water partition coefficient (Wildman–Crippen LogP) is 4.81. The number of hydrogen-bond acceptors (Lipinski definition) is 4. The minimum absolute atomic E-state index is 0.200. The van der Waals surface area contributed by atoms with Crippen molar-refractivity contribution in [2.75, 3.05) is 10.0 Å². The van der Waals surface area contributed by atoms with Crippen molar-refractivity contribution in [1.82, 2.24) is 4.57 Å². The zero-order valence-electron chi connectivity index (χ0n) is 20.2. The molecule has 1 fully saturated rings. The van der Waals surface area contributed by atoms with Gasteiger partial charge >= 0.3 is 0 Å². The average Bonchev–Trinajstić information content (AvgIpc) is 3.53. The van der Waals surface area contributed by atoms with Crippen LogP contribution in [0.15, 0.2) is 41.7 Å². The molecule has 0 bridgehead atoms. The number of hydrogen-bond donors (Lipinski definition) is 3. The molecule has 2 aromatic rings. The largest absolute Gasteiger partial charge is 0.393 e. The Labute approximate surface area is 196 Å². The summed E-state index contributed by atoms with van der Waals surface area (Å²) in [5.41, 5.74) is 1.56. The summed E-state index contributed by atoms with van der Waals surface area (Å²) in [5, 5.41) is 13.2. The van der Waals surface area contributed by atoms with Crippen molar-refractivity contribution in [3.63, 3.8) is 0 Å². The summed E-state index contributed by atoms with van der Waals surface area (Å²) >= 11 is 0. The molecule has 33 heavy (non-hydrogen) atoms. The average molecular weight is 478 g/mol. The van der Waals surface area contributed by atoms with Gasteiger partial charge in [-0.2, -0.15) is 0 Å². The molecule has 3 N–H and O–H groups in total. The number of aromatic nitrogens is 1. The van der Waals surface area contributed by atoms with Crippen LogP contribution in [0.25, 0.3) is 0 Å². The van der Waals surface area contributed by atoms with Gasteiger partial charge in [0.05, 0.1) is 31.9 Å². The van der Waals surface area contributed by atoms with Crippen LogP contribution in [0.4, 0.5) is 21.6 Å². The zero-order valence-corrected chi connectivity index (χ0v) is 21.0. The summed E-state index contributed by atoms with van der Waals surface area (Å²) in [6.07, 6.45) is 3.09. The van der Waals surface area contributed by atoms with Crippen molar-refractivity contribution in [2.45, 2.75) is 64.2 Å². The SMILES string of the molecule is C=CCC(O)CC1(S(=C)(=O)Nc2cc(C)c(=O)n(C)c2Nc2ccc(C)cc2F)CC1.CC. The first-order chi connectivity index (χ1) is 15.5. The molecular formula is C25H36FN3O3S. The Kier molecular flexibility index (Phi) is 8.54. The molecule has 2 unspecified atom stereocenters. The van der Waals surface area contributed by atoms with E-state index >= 15 is 0 Å². The maximum Gasteiger partial charge on any atom is 0.254 e. The Morgan fingerprint density at radius 2 is 1.91 bits per heavy atom. The van der Waals surface area contributed by atoms with Crippen molar-refractivity contribution >= 4 is 32.8 Å². The first kappa shape index (κ1) is 26.7. The summed E-state index contributed by atoms with van der Waals surface area (Å²) in [6.45, 7) is 11.1. The van der Waals surface area contributed by atoms with E-state index in [9.17, 15) is 18.5 Å². The van der Waals surface area contributed by atoms with Crippen LogP contribution in [0, 0.1) is 19.7 Å². The van der Waals surface area contributed by atoms with E-state index in [1.165, 1.54) is 10.6 Å². The van der Waals surface area contributed by atoms with Gasteiger partial charge in [0.2, 0.25) is 0 Å². The van der Waals surface area contributed by atoms with Crippen LogP contribution >= 0.6 is 0 Å². The monoisotopic (exact) mass is 477 g/mol. The van der Waals surface area contributed by atoms with E-state index in [-0.39, 0.29) is 17.1 Å². The minimum atomic E-state index is -2.89. The standard InChI is InChI=1S/C23H30FN3O3S.C2H6/c1-6-7-17(28)14-23(10-11-23)31(5,30)26-20-13-16(3)22(29)27(4)21(20)25-19-9-8-15(2)12-18(19)24;1-2/h6,8-9,12-13,17,25,28H,1,5,7,10-11,14H2,2-4H3,(H,26,30);1-2H3. The van der Waals surface area contributed by atoms with E-state index in [1.54, 1.807) is 45.2 Å². The van der Waals surface area contributed by atoms with Crippen LogP contribution in [0.1, 0.15) is 50.7 Å². The Balaban J connectivity index is 0.00000187. The highest BCUT2D eigenvalue weighted by Crippen LogP contribution is 2.48. The van der Waals surface area contributed by atoms with E-state index in [2.05, 4.69) is 22.5 Å². The fourth-order valence-corrected chi connectivity index (χ4v) is 5.72. The Morgan fingerprint density at radius 3 is 2.45 bits per heavy atom. The van der Waals surface area contributed by atoms with Crippen molar-refractivity contribution in [3.05, 3.63) is 64.2 Å². The topological polar surface area (TPSA) is 83.4 Å². The molecule has 3 rings (SSSR count). The third kappa shape index (κ3) is 5.86. The highest BCUT2D eigenvalue weighted by Gasteiger charge is 2.51. The first-order valence-electron chi connectivity index (χ1n) is 11.2. The summed E-state index contributed by atoms with van der Waals surface area (Å²) < 4.78 is 31.9. The second-order valence-corrected chi connectivity index (χ2v) is 10.8. The fourth-order valence-electron chi connectivity index (χ4n) is 3.77. The molecule has 182 valence electrons. The quantitative estimate of drug-likeness (QED) is 0.357. The van der Waals surface area contributed by atoms with E-state index < -0.39 is 26.4 Å². The number of nitrogens with zero attached hydrogens (tertiary/aromatic N) is 1.